The van der Waals surface area contributed by atoms with Gasteiger partial charge in [-0.15, -0.1) is 0 Å². The third-order valence-electron chi connectivity index (χ3n) is 2.82. The lowest BCUT2D eigenvalue weighted by atomic mass is 10.0. The zero-order valence-electron chi connectivity index (χ0n) is 12.6. The van der Waals surface area contributed by atoms with E-state index in [1.165, 1.54) is 7.11 Å². The minimum atomic E-state index is 0.372. The molecule has 1 aliphatic rings. The molecular weight excluding hydrogens is 268 g/mol. The zero-order valence-corrected chi connectivity index (χ0v) is 12.6. The summed E-state index contributed by atoms with van der Waals surface area (Å²) in [5.41, 5.74) is 3.47. The largest absolute Gasteiger partial charge is 0.399 e. The van der Waals surface area contributed by atoms with Gasteiger partial charge in [0.15, 0.2) is 11.5 Å². The van der Waals surface area contributed by atoms with E-state index in [1.54, 1.807) is 0 Å². The van der Waals surface area contributed by atoms with E-state index in [1.807, 2.05) is 38.1 Å². The fourth-order valence-corrected chi connectivity index (χ4v) is 1.98. The molecule has 1 heterocycles. The number of amidine groups is 1. The molecule has 1 aromatic rings. The van der Waals surface area contributed by atoms with E-state index in [-0.39, 0.29) is 0 Å². The van der Waals surface area contributed by atoms with Crippen LogP contribution in [0.25, 0.3) is 0 Å². The summed E-state index contributed by atoms with van der Waals surface area (Å²) in [6.45, 7) is 5.71. The van der Waals surface area contributed by atoms with Gasteiger partial charge < -0.3 is 15.0 Å². The molecule has 1 N–H and O–H groups in total. The third-order valence-corrected chi connectivity index (χ3v) is 2.82. The summed E-state index contributed by atoms with van der Waals surface area (Å²) < 4.78 is 0. The van der Waals surface area contributed by atoms with Crippen LogP contribution in [0.3, 0.4) is 0 Å². The van der Waals surface area contributed by atoms with E-state index in [0.29, 0.717) is 12.3 Å². The van der Waals surface area contributed by atoms with Crippen molar-refractivity contribution >= 4 is 17.3 Å². The molecule has 1 aliphatic heterocycles. The Morgan fingerprint density at radius 1 is 1.29 bits per heavy atom. The van der Waals surface area contributed by atoms with Crippen LogP contribution in [-0.2, 0) is 16.3 Å². The van der Waals surface area contributed by atoms with Crippen LogP contribution in [0.1, 0.15) is 25.0 Å². The third kappa shape index (κ3) is 4.05. The fraction of sp³-hybridized carbons (Fsp3) is 0.400. The first-order chi connectivity index (χ1) is 10.2. The van der Waals surface area contributed by atoms with Crippen molar-refractivity contribution < 1.29 is 9.68 Å². The van der Waals surface area contributed by atoms with Crippen LogP contribution in [-0.4, -0.2) is 37.5 Å². The molecular formula is C15H20N4O2. The van der Waals surface area contributed by atoms with E-state index in [9.17, 15) is 0 Å². The Bertz CT molecular complexity index is 575. The Morgan fingerprint density at radius 2 is 2.10 bits per heavy atom. The lowest BCUT2D eigenvalue weighted by molar-refractivity contribution is 0.130. The van der Waals surface area contributed by atoms with Gasteiger partial charge in [0.2, 0.25) is 0 Å². The monoisotopic (exact) mass is 288 g/mol. The summed E-state index contributed by atoms with van der Waals surface area (Å²) in [6, 6.07) is 7.87. The van der Waals surface area contributed by atoms with Crippen molar-refractivity contribution in [3.63, 3.8) is 0 Å². The first kappa shape index (κ1) is 15.0. The second-order valence-corrected chi connectivity index (χ2v) is 4.75. The number of aliphatic imine (C=N–C) groups is 1. The van der Waals surface area contributed by atoms with Gasteiger partial charge in [-0.05, 0) is 13.8 Å². The quantitative estimate of drug-likeness (QED) is 0.642. The van der Waals surface area contributed by atoms with Crippen molar-refractivity contribution in [2.45, 2.75) is 20.5 Å². The summed E-state index contributed by atoms with van der Waals surface area (Å²) >= 11 is 0. The summed E-state index contributed by atoms with van der Waals surface area (Å²) in [5.74, 6) is 0.750. The first-order valence-electron chi connectivity index (χ1n) is 6.83. The number of nitrogens with zero attached hydrogens (tertiary/aromatic N) is 3. The normalized spacial score (nSPS) is 14.2. The van der Waals surface area contributed by atoms with Crippen LogP contribution in [0.4, 0.5) is 0 Å². The van der Waals surface area contributed by atoms with Crippen LogP contribution in [0.5, 0.6) is 0 Å². The van der Waals surface area contributed by atoms with Gasteiger partial charge in [0, 0.05) is 17.7 Å². The molecule has 0 saturated heterocycles. The maximum atomic E-state index is 5.34. The smallest absolute Gasteiger partial charge is 0.152 e. The number of oxime groups is 2. The molecule has 0 spiro atoms. The number of hydrogen-bond donors (Lipinski definition) is 1. The Balaban J connectivity index is 2.28. The van der Waals surface area contributed by atoms with Gasteiger partial charge in [-0.3, -0.25) is 4.99 Å². The molecule has 0 aromatic heterocycles. The highest BCUT2D eigenvalue weighted by Gasteiger charge is 2.18. The van der Waals surface area contributed by atoms with Gasteiger partial charge in [0.1, 0.15) is 13.7 Å². The molecule has 21 heavy (non-hydrogen) atoms. The molecule has 0 unspecified atom stereocenters. The van der Waals surface area contributed by atoms with Gasteiger partial charge in [0.05, 0.1) is 12.3 Å². The number of nitrogens with one attached hydrogen (secondary N) is 1. The minimum absolute atomic E-state index is 0.372. The summed E-state index contributed by atoms with van der Waals surface area (Å²) in [5, 5.41) is 11.3. The molecule has 0 radical (unpaired) electrons. The van der Waals surface area contributed by atoms with Crippen molar-refractivity contribution in [3.05, 3.63) is 35.4 Å². The average molecular weight is 288 g/mol. The second kappa shape index (κ2) is 7.42. The van der Waals surface area contributed by atoms with E-state index < -0.39 is 0 Å². The predicted molar refractivity (Wildman–Crippen MR) is 83.9 cm³/mol. The lowest BCUT2D eigenvalue weighted by Gasteiger charge is -2.11. The molecule has 1 aromatic carbocycles. The average Bonchev–Trinajstić information content (AvgIpc) is 2.99. The van der Waals surface area contributed by atoms with Crippen molar-refractivity contribution in [1.82, 2.24) is 5.32 Å². The first-order valence-corrected chi connectivity index (χ1v) is 6.83. The molecule has 2 rings (SSSR count). The van der Waals surface area contributed by atoms with Crippen LogP contribution in [0, 0.1) is 0 Å². The molecule has 0 atom stereocenters. The summed E-state index contributed by atoms with van der Waals surface area (Å²) in [7, 11) is 1.53. The van der Waals surface area contributed by atoms with Crippen LogP contribution in [0.15, 0.2) is 39.6 Å². The maximum Gasteiger partial charge on any atom is 0.152 e. The van der Waals surface area contributed by atoms with Crippen molar-refractivity contribution in [2.24, 2.45) is 15.3 Å². The summed E-state index contributed by atoms with van der Waals surface area (Å²) in [6.07, 6.45) is 0. The Hall–Kier alpha value is -2.37. The van der Waals surface area contributed by atoms with Gasteiger partial charge in [0.25, 0.3) is 0 Å². The predicted octanol–water partition coefficient (Wildman–Crippen LogP) is 1.95. The van der Waals surface area contributed by atoms with E-state index in [0.717, 1.165) is 35.8 Å². The van der Waals surface area contributed by atoms with E-state index in [2.05, 4.69) is 20.6 Å². The van der Waals surface area contributed by atoms with Crippen molar-refractivity contribution in [1.29, 1.82) is 0 Å². The van der Waals surface area contributed by atoms with E-state index >= 15 is 0 Å². The molecule has 0 fully saturated rings. The van der Waals surface area contributed by atoms with Crippen molar-refractivity contribution in [3.8, 4) is 0 Å². The standard InChI is InChI=1S/C15H20N4O2/c1-11(2)18-21-10-12-6-4-5-7-13(12)14(19-20-3)15-16-8-9-17-15/h4-7H,8-10H2,1-3H3,(H,16,17)/b19-14+. The molecule has 0 bridgehead atoms. The Morgan fingerprint density at radius 3 is 2.76 bits per heavy atom. The molecule has 6 nitrogen and oxygen atoms in total. The lowest BCUT2D eigenvalue weighted by Crippen LogP contribution is -2.29. The van der Waals surface area contributed by atoms with E-state index in [4.69, 9.17) is 9.68 Å². The highest BCUT2D eigenvalue weighted by Crippen LogP contribution is 2.14. The van der Waals surface area contributed by atoms with Gasteiger partial charge >= 0.3 is 0 Å². The van der Waals surface area contributed by atoms with Gasteiger partial charge in [-0.25, -0.2) is 0 Å². The Kier molecular flexibility index (Phi) is 5.31. The fourth-order valence-electron chi connectivity index (χ4n) is 1.98. The van der Waals surface area contributed by atoms with Crippen LogP contribution in [0.2, 0.25) is 0 Å². The molecule has 6 heteroatoms. The molecule has 0 amide bonds. The van der Waals surface area contributed by atoms with Crippen LogP contribution >= 0.6 is 0 Å². The number of benzene rings is 1. The highest BCUT2D eigenvalue weighted by atomic mass is 16.6. The van der Waals surface area contributed by atoms with Gasteiger partial charge in [-0.1, -0.05) is 34.6 Å². The zero-order chi connectivity index (χ0) is 15.1. The SMILES string of the molecule is CO/N=C(/C1=NCCN1)c1ccccc1CON=C(C)C. The second-order valence-electron chi connectivity index (χ2n) is 4.75. The topological polar surface area (TPSA) is 67.6 Å². The molecule has 112 valence electrons. The molecule has 0 saturated carbocycles. The number of rotatable bonds is 6. The Labute approximate surface area is 124 Å². The summed E-state index contributed by atoms with van der Waals surface area (Å²) in [4.78, 5) is 14.7. The minimum Gasteiger partial charge on any atom is -0.399 e. The maximum absolute atomic E-state index is 5.34. The van der Waals surface area contributed by atoms with Crippen molar-refractivity contribution in [2.75, 3.05) is 20.2 Å². The molecule has 0 aliphatic carbocycles. The highest BCUT2D eigenvalue weighted by molar-refractivity contribution is 6.48. The number of hydrogen-bond acceptors (Lipinski definition) is 6. The van der Waals surface area contributed by atoms with Crippen LogP contribution < -0.4 is 5.32 Å². The van der Waals surface area contributed by atoms with Gasteiger partial charge in [-0.2, -0.15) is 0 Å².